The lowest BCUT2D eigenvalue weighted by molar-refractivity contribution is -0.139. The van der Waals surface area contributed by atoms with Crippen molar-refractivity contribution in [2.75, 3.05) is 7.11 Å². The van der Waals surface area contributed by atoms with E-state index in [-0.39, 0.29) is 6.42 Å². The van der Waals surface area contributed by atoms with Crippen molar-refractivity contribution in [3.8, 4) is 0 Å². The van der Waals surface area contributed by atoms with Crippen LogP contribution in [0.25, 0.3) is 0 Å². The van der Waals surface area contributed by atoms with Crippen LogP contribution in [0.1, 0.15) is 5.56 Å². The molecule has 2 nitrogen and oxygen atoms in total. The second kappa shape index (κ2) is 4.89. The van der Waals surface area contributed by atoms with Gasteiger partial charge in [-0.3, -0.25) is 4.79 Å². The van der Waals surface area contributed by atoms with Gasteiger partial charge in [-0.15, -0.1) is 0 Å². The molecule has 14 heavy (non-hydrogen) atoms. The molecule has 0 radical (unpaired) electrons. The predicted molar refractivity (Wildman–Crippen MR) is 57.5 cm³/mol. The lowest BCUT2D eigenvalue weighted by Crippen LogP contribution is -2.05. The zero-order chi connectivity index (χ0) is 10.7. The molecule has 0 bridgehead atoms. The molecule has 1 rings (SSSR count). The molecule has 0 aliphatic rings. The van der Waals surface area contributed by atoms with Crippen molar-refractivity contribution in [2.24, 2.45) is 0 Å². The number of rotatable bonds is 2. The second-order valence-electron chi connectivity index (χ2n) is 2.61. The fourth-order valence-corrected chi connectivity index (χ4v) is 1.81. The summed E-state index contributed by atoms with van der Waals surface area (Å²) in [6.45, 7) is 0. The molecule has 5 heteroatoms. The van der Waals surface area contributed by atoms with Crippen LogP contribution < -0.4 is 0 Å². The Labute approximate surface area is 97.7 Å². The van der Waals surface area contributed by atoms with E-state index in [1.165, 1.54) is 13.2 Å². The molecule has 0 aromatic heterocycles. The van der Waals surface area contributed by atoms with Crippen molar-refractivity contribution in [1.29, 1.82) is 0 Å². The molecule has 0 aliphatic heterocycles. The molecule has 1 aromatic carbocycles. The monoisotopic (exact) mass is 324 g/mol. The van der Waals surface area contributed by atoms with E-state index >= 15 is 0 Å². The molecule has 0 N–H and O–H groups in total. The third-order valence-electron chi connectivity index (χ3n) is 1.63. The van der Waals surface area contributed by atoms with Gasteiger partial charge in [-0.1, -0.05) is 15.9 Å². The maximum atomic E-state index is 13.2. The largest absolute Gasteiger partial charge is 0.469 e. The van der Waals surface area contributed by atoms with E-state index in [0.717, 1.165) is 0 Å². The Balaban J connectivity index is 3.02. The third kappa shape index (κ3) is 2.78. The van der Waals surface area contributed by atoms with Crippen molar-refractivity contribution >= 4 is 37.8 Å². The number of hydrogen-bond acceptors (Lipinski definition) is 2. The van der Waals surface area contributed by atoms with Gasteiger partial charge in [0, 0.05) is 4.47 Å². The maximum absolute atomic E-state index is 13.2. The van der Waals surface area contributed by atoms with Crippen LogP contribution in [0.2, 0.25) is 0 Å². The van der Waals surface area contributed by atoms with E-state index in [1.54, 1.807) is 6.07 Å². The SMILES string of the molecule is COC(=O)Cc1cc(Br)cc(F)c1Br. The highest BCUT2D eigenvalue weighted by molar-refractivity contribution is 9.11. The Hall–Kier alpha value is -0.420. The predicted octanol–water partition coefficient (Wildman–Crippen LogP) is 3.07. The summed E-state index contributed by atoms with van der Waals surface area (Å²) in [6, 6.07) is 2.99. The van der Waals surface area contributed by atoms with Crippen molar-refractivity contribution < 1.29 is 13.9 Å². The Morgan fingerprint density at radius 1 is 1.50 bits per heavy atom. The van der Waals surface area contributed by atoms with Gasteiger partial charge < -0.3 is 4.74 Å². The van der Waals surface area contributed by atoms with Gasteiger partial charge >= 0.3 is 5.97 Å². The molecule has 0 atom stereocenters. The summed E-state index contributed by atoms with van der Waals surface area (Å²) in [4.78, 5) is 11.0. The Morgan fingerprint density at radius 3 is 2.71 bits per heavy atom. The van der Waals surface area contributed by atoms with E-state index in [2.05, 4.69) is 36.6 Å². The summed E-state index contributed by atoms with van der Waals surface area (Å²) in [5.74, 6) is -0.804. The third-order valence-corrected chi connectivity index (χ3v) is 2.98. The fraction of sp³-hybridized carbons (Fsp3) is 0.222. The Kier molecular flexibility index (Phi) is 4.07. The van der Waals surface area contributed by atoms with E-state index in [0.29, 0.717) is 14.5 Å². The molecule has 0 aliphatic carbocycles. The summed E-state index contributed by atoms with van der Waals surface area (Å²) in [6.07, 6.45) is 0.0491. The normalized spacial score (nSPS) is 10.0. The number of hydrogen-bond donors (Lipinski definition) is 0. The molecule has 0 spiro atoms. The smallest absolute Gasteiger partial charge is 0.310 e. The minimum Gasteiger partial charge on any atom is -0.469 e. The summed E-state index contributed by atoms with van der Waals surface area (Å²) in [7, 11) is 1.30. The summed E-state index contributed by atoms with van der Waals surface area (Å²) >= 11 is 6.21. The van der Waals surface area contributed by atoms with Crippen LogP contribution in [-0.2, 0) is 16.0 Å². The standard InChI is InChI=1S/C9H7Br2FO2/c1-14-8(13)3-5-2-6(10)4-7(12)9(5)11/h2,4H,3H2,1H3. The number of methoxy groups -OCH3 is 1. The second-order valence-corrected chi connectivity index (χ2v) is 4.32. The molecule has 1 aromatic rings. The van der Waals surface area contributed by atoms with Crippen LogP contribution in [0.4, 0.5) is 4.39 Å². The first-order valence-corrected chi connectivity index (χ1v) is 5.33. The zero-order valence-electron chi connectivity index (χ0n) is 7.31. The lowest BCUT2D eigenvalue weighted by atomic mass is 10.1. The van der Waals surface area contributed by atoms with Crippen molar-refractivity contribution in [2.45, 2.75) is 6.42 Å². The van der Waals surface area contributed by atoms with Crippen molar-refractivity contribution in [3.05, 3.63) is 32.5 Å². The van der Waals surface area contributed by atoms with Crippen molar-refractivity contribution in [1.82, 2.24) is 0 Å². The number of halogens is 3. The molecular formula is C9H7Br2FO2. The lowest BCUT2D eigenvalue weighted by Gasteiger charge is -2.05. The summed E-state index contributed by atoms with van der Waals surface area (Å²) < 4.78 is 18.5. The molecule has 0 fully saturated rings. The van der Waals surface area contributed by atoms with Crippen molar-refractivity contribution in [3.63, 3.8) is 0 Å². The van der Waals surface area contributed by atoms with Gasteiger partial charge in [0.1, 0.15) is 5.82 Å². The van der Waals surface area contributed by atoms with E-state index in [9.17, 15) is 9.18 Å². The molecule has 0 amide bonds. The van der Waals surface area contributed by atoms with Crippen LogP contribution in [0.15, 0.2) is 21.1 Å². The highest BCUT2D eigenvalue weighted by atomic mass is 79.9. The quantitative estimate of drug-likeness (QED) is 0.617. The zero-order valence-corrected chi connectivity index (χ0v) is 10.5. The van der Waals surface area contributed by atoms with Gasteiger partial charge in [-0.05, 0) is 33.6 Å². The van der Waals surface area contributed by atoms with Gasteiger partial charge in [0.25, 0.3) is 0 Å². The summed E-state index contributed by atoms with van der Waals surface area (Å²) in [5.41, 5.74) is 0.559. The van der Waals surface area contributed by atoms with Crippen LogP contribution in [0.5, 0.6) is 0 Å². The van der Waals surface area contributed by atoms with Crippen LogP contribution in [-0.4, -0.2) is 13.1 Å². The average Bonchev–Trinajstić information content (AvgIpc) is 2.13. The topological polar surface area (TPSA) is 26.3 Å². The van der Waals surface area contributed by atoms with Gasteiger partial charge in [0.05, 0.1) is 18.0 Å². The number of ether oxygens (including phenoxy) is 1. The fourth-order valence-electron chi connectivity index (χ4n) is 0.966. The van der Waals surface area contributed by atoms with Crippen LogP contribution in [0.3, 0.4) is 0 Å². The number of carbonyl (C=O) groups excluding carboxylic acids is 1. The first-order valence-electron chi connectivity index (χ1n) is 3.75. The van der Waals surface area contributed by atoms with Crippen LogP contribution in [0, 0.1) is 5.82 Å². The molecular weight excluding hydrogens is 319 g/mol. The van der Waals surface area contributed by atoms with Gasteiger partial charge in [-0.25, -0.2) is 4.39 Å². The van der Waals surface area contributed by atoms with Gasteiger partial charge in [-0.2, -0.15) is 0 Å². The minimum absolute atomic E-state index is 0.0491. The number of benzene rings is 1. The van der Waals surface area contributed by atoms with Crippen LogP contribution >= 0.6 is 31.9 Å². The minimum atomic E-state index is -0.404. The molecule has 0 unspecified atom stereocenters. The van der Waals surface area contributed by atoms with E-state index < -0.39 is 11.8 Å². The van der Waals surface area contributed by atoms with E-state index in [4.69, 9.17) is 0 Å². The molecule has 0 saturated heterocycles. The Bertz CT molecular complexity index is 366. The number of esters is 1. The van der Waals surface area contributed by atoms with Gasteiger partial charge in [0.15, 0.2) is 0 Å². The number of carbonyl (C=O) groups is 1. The van der Waals surface area contributed by atoms with Gasteiger partial charge in [0.2, 0.25) is 0 Å². The molecule has 0 heterocycles. The first kappa shape index (κ1) is 11.7. The first-order chi connectivity index (χ1) is 6.54. The highest BCUT2D eigenvalue weighted by Gasteiger charge is 2.11. The van der Waals surface area contributed by atoms with E-state index in [1.807, 2.05) is 0 Å². The molecule has 76 valence electrons. The maximum Gasteiger partial charge on any atom is 0.310 e. The summed E-state index contributed by atoms with van der Waals surface area (Å²) in [5, 5.41) is 0. The Morgan fingerprint density at radius 2 is 2.14 bits per heavy atom. The highest BCUT2D eigenvalue weighted by Crippen LogP contribution is 2.25. The molecule has 0 saturated carbocycles. The average molecular weight is 326 g/mol.